The predicted molar refractivity (Wildman–Crippen MR) is 175 cm³/mol. The van der Waals surface area contributed by atoms with Crippen molar-refractivity contribution in [1.82, 2.24) is 0 Å². The number of aromatic hydroxyl groups is 2. The zero-order valence-corrected chi connectivity index (χ0v) is 28.9. The largest absolute Gasteiger partial charge is 0.507 e. The van der Waals surface area contributed by atoms with Crippen LogP contribution in [0, 0.1) is 46.8 Å². The maximum Gasteiger partial charge on any atom is 0.339 e. The number of phenols is 2. The van der Waals surface area contributed by atoms with Crippen LogP contribution in [0.5, 0.6) is 23.0 Å². The summed E-state index contributed by atoms with van der Waals surface area (Å²) < 4.78 is 84.4. The summed E-state index contributed by atoms with van der Waals surface area (Å²) in [5.41, 5.74) is -3.06. The van der Waals surface area contributed by atoms with Crippen LogP contribution in [0.2, 0.25) is 0 Å². The van der Waals surface area contributed by atoms with Gasteiger partial charge in [-0.2, -0.15) is 0 Å². The minimum absolute atomic E-state index is 0.0140. The van der Waals surface area contributed by atoms with Crippen molar-refractivity contribution in [3.05, 3.63) is 82.2 Å². The Morgan fingerprint density at radius 2 is 1.44 bits per heavy atom. The summed E-state index contributed by atoms with van der Waals surface area (Å²) in [4.78, 5) is 63.0. The van der Waals surface area contributed by atoms with Gasteiger partial charge in [0.25, 0.3) is 11.8 Å². The molecule has 282 valence electrons. The molecule has 54 heavy (non-hydrogen) atoms. The molecule has 0 bridgehead atoms. The van der Waals surface area contributed by atoms with Crippen LogP contribution < -0.4 is 19.3 Å². The number of hydrogen-bond acceptors (Lipinski definition) is 9. The van der Waals surface area contributed by atoms with Gasteiger partial charge < -0.3 is 24.8 Å². The molecule has 19 heteroatoms. The Hall–Kier alpha value is -5.42. The molecule has 1 saturated carbocycles. The molecule has 3 fully saturated rings. The molecule has 2 aliphatic heterocycles. The number of fused-ring (bicyclic) bond motifs is 4. The number of imide groups is 2. The lowest BCUT2D eigenvalue weighted by Gasteiger charge is -2.50. The second kappa shape index (κ2) is 12.3. The number of allylic oxidation sites excluding steroid dienone is 2. The molecule has 0 radical (unpaired) electrons. The minimum Gasteiger partial charge on any atom is -0.507 e. The molecule has 0 spiro atoms. The number of aromatic carboxylic acids is 1. The van der Waals surface area contributed by atoms with Crippen LogP contribution in [0.3, 0.4) is 0 Å². The Labute approximate surface area is 309 Å². The first-order valence-electron chi connectivity index (χ1n) is 15.7. The zero-order chi connectivity index (χ0) is 39.5. The summed E-state index contributed by atoms with van der Waals surface area (Å²) in [5, 5.41) is 31.1. The van der Waals surface area contributed by atoms with Crippen molar-refractivity contribution < 1.29 is 70.7 Å². The van der Waals surface area contributed by atoms with E-state index in [0.717, 1.165) is 31.4 Å². The molecule has 0 unspecified atom stereocenters. The van der Waals surface area contributed by atoms with E-state index in [1.165, 1.54) is 19.3 Å². The molecule has 4 amide bonds. The van der Waals surface area contributed by atoms with E-state index in [0.29, 0.717) is 4.90 Å². The number of rotatable bonds is 6. The number of ether oxygens (including phenoxy) is 2. The van der Waals surface area contributed by atoms with E-state index >= 15 is 8.78 Å². The molecular formula is C35H23Cl2F5N2O10. The van der Waals surface area contributed by atoms with Crippen LogP contribution in [0.1, 0.15) is 34.7 Å². The van der Waals surface area contributed by atoms with Crippen LogP contribution in [-0.4, -0.2) is 68.9 Å². The first-order valence-corrected chi connectivity index (χ1v) is 16.5. The van der Waals surface area contributed by atoms with Gasteiger partial charge in [-0.25, -0.2) is 36.5 Å². The lowest BCUT2D eigenvalue weighted by Crippen LogP contribution is -2.60. The molecule has 2 aliphatic carbocycles. The number of amides is 4. The van der Waals surface area contributed by atoms with Gasteiger partial charge in [0.1, 0.15) is 34.2 Å². The van der Waals surface area contributed by atoms with E-state index in [9.17, 15) is 52.5 Å². The van der Waals surface area contributed by atoms with Crippen LogP contribution in [-0.2, 0) is 19.2 Å². The standard InChI is InChI=1S/C35H23Cl2F5N2O10/c1-53-12-8-18(46)21(19(9-12)54-2)22-13-5-6-15-20(30(48)43(29(15)47)11-3-4-14(31(49)50)17(45)7-11)16(13)10-34(36)32(51)44(33(52)35(22,34)37)28-26(41)24(39)23(38)25(40)27(28)42/h3-5,7-9,15-16,20,22,45-46H,6,10H2,1-2H3,(H,49,50)/t15-,16+,20-,22+,34+,35-/m0/s1. The van der Waals surface area contributed by atoms with Crippen LogP contribution in [0.15, 0.2) is 42.0 Å². The summed E-state index contributed by atoms with van der Waals surface area (Å²) in [6, 6.07) is 5.24. The van der Waals surface area contributed by atoms with Gasteiger partial charge in [-0.1, -0.05) is 11.6 Å². The number of carboxylic acids is 1. The number of carbonyl (C=O) groups excluding carboxylic acids is 4. The maximum absolute atomic E-state index is 15.3. The Kier molecular flexibility index (Phi) is 8.42. The first kappa shape index (κ1) is 36.9. The third-order valence-corrected chi connectivity index (χ3v) is 11.9. The van der Waals surface area contributed by atoms with Gasteiger partial charge in [-0.3, -0.25) is 19.2 Å². The van der Waals surface area contributed by atoms with Crippen molar-refractivity contribution in [2.45, 2.75) is 28.5 Å². The third-order valence-electron chi connectivity index (χ3n) is 10.5. The smallest absolute Gasteiger partial charge is 0.339 e. The van der Waals surface area contributed by atoms with E-state index in [4.69, 9.17) is 32.7 Å². The van der Waals surface area contributed by atoms with E-state index in [2.05, 4.69) is 0 Å². The van der Waals surface area contributed by atoms with Crippen molar-refractivity contribution in [2.75, 3.05) is 24.0 Å². The third kappa shape index (κ3) is 4.63. The second-order valence-electron chi connectivity index (χ2n) is 13.0. The number of benzene rings is 3. The van der Waals surface area contributed by atoms with Gasteiger partial charge in [0.15, 0.2) is 33.0 Å². The lowest BCUT2D eigenvalue weighted by molar-refractivity contribution is -0.125. The fraction of sp³-hybridized carbons (Fsp3) is 0.286. The lowest BCUT2D eigenvalue weighted by atomic mass is 9.56. The number of methoxy groups -OCH3 is 2. The van der Waals surface area contributed by atoms with Gasteiger partial charge in [0.2, 0.25) is 17.6 Å². The average molecular weight is 797 g/mol. The number of phenolic OH excluding ortho intramolecular Hbond substituents is 1. The fourth-order valence-corrected chi connectivity index (χ4v) is 9.06. The normalized spacial score (nSPS) is 27.5. The van der Waals surface area contributed by atoms with E-state index < -0.39 is 121 Å². The molecule has 2 heterocycles. The number of halogens is 7. The number of hydrogen-bond donors (Lipinski definition) is 3. The van der Waals surface area contributed by atoms with Gasteiger partial charge in [-0.05, 0) is 30.9 Å². The van der Waals surface area contributed by atoms with Crippen LogP contribution in [0.25, 0.3) is 0 Å². The first-order chi connectivity index (χ1) is 25.4. The molecule has 7 rings (SSSR count). The summed E-state index contributed by atoms with van der Waals surface area (Å²) in [5.74, 6) is -26.9. The highest BCUT2D eigenvalue weighted by Gasteiger charge is 2.77. The number of anilines is 2. The maximum atomic E-state index is 15.3. The molecule has 3 aromatic carbocycles. The second-order valence-corrected chi connectivity index (χ2v) is 14.2. The Morgan fingerprint density at radius 1 is 0.815 bits per heavy atom. The molecule has 2 saturated heterocycles. The van der Waals surface area contributed by atoms with Crippen molar-refractivity contribution in [2.24, 2.45) is 17.8 Å². The van der Waals surface area contributed by atoms with E-state index in [-0.39, 0.29) is 39.6 Å². The molecule has 4 aliphatic rings. The van der Waals surface area contributed by atoms with E-state index in [1.807, 2.05) is 0 Å². The van der Waals surface area contributed by atoms with Gasteiger partial charge in [-0.15, -0.1) is 23.2 Å². The molecule has 3 aromatic rings. The van der Waals surface area contributed by atoms with Crippen LogP contribution in [0.4, 0.5) is 33.3 Å². The summed E-state index contributed by atoms with van der Waals surface area (Å²) in [7, 11) is 2.38. The number of alkyl halides is 2. The van der Waals surface area contributed by atoms with Crippen molar-refractivity contribution in [3.8, 4) is 23.0 Å². The zero-order valence-electron chi connectivity index (χ0n) is 27.4. The number of carboxylic acid groups (broad SMARTS) is 1. The molecule has 6 atom stereocenters. The monoisotopic (exact) mass is 796 g/mol. The van der Waals surface area contributed by atoms with Crippen LogP contribution >= 0.6 is 23.2 Å². The van der Waals surface area contributed by atoms with Gasteiger partial charge in [0.05, 0.1) is 31.7 Å². The molecule has 12 nitrogen and oxygen atoms in total. The van der Waals surface area contributed by atoms with Gasteiger partial charge >= 0.3 is 5.97 Å². The van der Waals surface area contributed by atoms with Crippen molar-refractivity contribution in [3.63, 3.8) is 0 Å². The fourth-order valence-electron chi connectivity index (χ4n) is 8.14. The number of carbonyl (C=O) groups is 5. The van der Waals surface area contributed by atoms with E-state index in [1.54, 1.807) is 0 Å². The predicted octanol–water partition coefficient (Wildman–Crippen LogP) is 5.28. The van der Waals surface area contributed by atoms with Crippen molar-refractivity contribution in [1.29, 1.82) is 0 Å². The highest BCUT2D eigenvalue weighted by Crippen LogP contribution is 2.68. The minimum atomic E-state index is -2.94. The summed E-state index contributed by atoms with van der Waals surface area (Å²) in [6.45, 7) is 0. The summed E-state index contributed by atoms with van der Waals surface area (Å²) in [6.07, 6.45) is 0.338. The molecule has 3 N–H and O–H groups in total. The Balaban J connectivity index is 1.45. The quantitative estimate of drug-likeness (QED) is 0.0745. The highest BCUT2D eigenvalue weighted by atomic mass is 35.5. The number of nitrogens with zero attached hydrogens (tertiary/aromatic N) is 2. The Morgan fingerprint density at radius 3 is 2.02 bits per heavy atom. The highest BCUT2D eigenvalue weighted by molar-refractivity contribution is 6.58. The average Bonchev–Trinajstić information content (AvgIpc) is 3.47. The molecular weight excluding hydrogens is 774 g/mol. The van der Waals surface area contributed by atoms with Gasteiger partial charge in [0, 0.05) is 29.7 Å². The Bertz CT molecular complexity index is 2280. The topological polar surface area (TPSA) is 171 Å². The SMILES string of the molecule is COc1cc(O)c([C@H]2C3=CC[C@@H]4C(=O)N(c5ccc(C(=O)O)c(O)c5)C(=O)[C@@H]4[C@@H]3C[C@@]3(Cl)C(=O)N(c4c(F)c(F)c(F)c(F)c4F)C(=O)[C@@]23Cl)c(OC)c1. The summed E-state index contributed by atoms with van der Waals surface area (Å²) >= 11 is 14.2. The molecule has 0 aromatic heterocycles. The van der Waals surface area contributed by atoms with Crippen molar-refractivity contribution >= 4 is 64.2 Å².